The lowest BCUT2D eigenvalue weighted by Crippen LogP contribution is -2.23. The molecular formula is C16H19N7O. The van der Waals surface area contributed by atoms with Crippen LogP contribution in [-0.4, -0.2) is 41.8 Å². The maximum Gasteiger partial charge on any atom is 0.244 e. The fourth-order valence-electron chi connectivity index (χ4n) is 3.03. The van der Waals surface area contributed by atoms with Crippen LogP contribution in [0.4, 0.5) is 0 Å². The summed E-state index contributed by atoms with van der Waals surface area (Å²) in [7, 11) is 0. The van der Waals surface area contributed by atoms with Gasteiger partial charge in [0.25, 0.3) is 0 Å². The summed E-state index contributed by atoms with van der Waals surface area (Å²) in [5.41, 5.74) is 0.861. The third-order valence-electron chi connectivity index (χ3n) is 4.26. The summed E-state index contributed by atoms with van der Waals surface area (Å²) in [4.78, 5) is 15.5. The van der Waals surface area contributed by atoms with Gasteiger partial charge in [0, 0.05) is 24.4 Å². The smallest absolute Gasteiger partial charge is 0.244 e. The van der Waals surface area contributed by atoms with E-state index in [-0.39, 0.29) is 6.04 Å². The highest BCUT2D eigenvalue weighted by molar-refractivity contribution is 5.51. The lowest BCUT2D eigenvalue weighted by atomic mass is 10.2. The Labute approximate surface area is 139 Å². The highest BCUT2D eigenvalue weighted by Gasteiger charge is 2.31. The van der Waals surface area contributed by atoms with Gasteiger partial charge in [0.1, 0.15) is 11.6 Å². The van der Waals surface area contributed by atoms with Crippen LogP contribution in [0.25, 0.3) is 11.4 Å². The van der Waals surface area contributed by atoms with Crippen molar-refractivity contribution in [2.24, 2.45) is 0 Å². The average molecular weight is 325 g/mol. The van der Waals surface area contributed by atoms with E-state index in [1.165, 1.54) is 0 Å². The molecule has 0 spiro atoms. The van der Waals surface area contributed by atoms with E-state index < -0.39 is 0 Å². The van der Waals surface area contributed by atoms with Gasteiger partial charge in [-0.25, -0.2) is 4.98 Å². The van der Waals surface area contributed by atoms with E-state index in [2.05, 4.69) is 35.2 Å². The zero-order chi connectivity index (χ0) is 16.4. The molecule has 1 aliphatic rings. The van der Waals surface area contributed by atoms with Crippen LogP contribution in [0.3, 0.4) is 0 Å². The molecule has 24 heavy (non-hydrogen) atoms. The molecule has 0 saturated carbocycles. The second-order valence-electron chi connectivity index (χ2n) is 5.88. The molecule has 8 nitrogen and oxygen atoms in total. The predicted molar refractivity (Wildman–Crippen MR) is 85.7 cm³/mol. The second kappa shape index (κ2) is 6.48. The van der Waals surface area contributed by atoms with Gasteiger partial charge in [-0.3, -0.25) is 15.0 Å². The number of H-pyrrole nitrogens is 1. The fraction of sp³-hybridized carbons (Fsp3) is 0.438. The third-order valence-corrected chi connectivity index (χ3v) is 4.26. The van der Waals surface area contributed by atoms with Crippen LogP contribution >= 0.6 is 0 Å². The maximum atomic E-state index is 5.52. The Morgan fingerprint density at radius 2 is 2.33 bits per heavy atom. The molecule has 0 amide bonds. The van der Waals surface area contributed by atoms with Crippen molar-refractivity contribution in [2.75, 3.05) is 6.54 Å². The summed E-state index contributed by atoms with van der Waals surface area (Å²) in [6, 6.07) is 3.91. The molecular weight excluding hydrogens is 306 g/mol. The number of nitrogens with one attached hydrogen (secondary N) is 1. The Kier molecular flexibility index (Phi) is 4.04. The van der Waals surface area contributed by atoms with E-state index in [1.807, 2.05) is 19.1 Å². The third kappa shape index (κ3) is 2.92. The predicted octanol–water partition coefficient (Wildman–Crippen LogP) is 2.15. The van der Waals surface area contributed by atoms with E-state index in [9.17, 15) is 0 Å². The maximum absolute atomic E-state index is 5.52. The van der Waals surface area contributed by atoms with Gasteiger partial charge in [-0.1, -0.05) is 12.1 Å². The van der Waals surface area contributed by atoms with Crippen molar-refractivity contribution in [1.82, 2.24) is 35.2 Å². The Balaban J connectivity index is 1.51. The number of aryl methyl sites for hydroxylation is 1. The Morgan fingerprint density at radius 3 is 3.12 bits per heavy atom. The number of rotatable bonds is 5. The molecule has 0 bridgehead atoms. The van der Waals surface area contributed by atoms with Gasteiger partial charge in [0.15, 0.2) is 0 Å². The summed E-state index contributed by atoms with van der Waals surface area (Å²) >= 11 is 0. The topological polar surface area (TPSA) is 96.6 Å². The monoisotopic (exact) mass is 325 g/mol. The molecule has 1 fully saturated rings. The number of hydrogen-bond acceptors (Lipinski definition) is 7. The Bertz CT molecular complexity index is 798. The standard InChI is InChI=1S/C16H19N7O/c1-2-13-18-14(21-20-13)10-23-8-4-6-12(23)16-19-15(22-24-16)11-5-3-7-17-9-11/h3,5,7,9,12H,2,4,6,8,10H2,1H3,(H,18,20,21)/t12-/m0/s1. The van der Waals surface area contributed by atoms with Crippen LogP contribution in [0, 0.1) is 0 Å². The highest BCUT2D eigenvalue weighted by atomic mass is 16.5. The number of likely N-dealkylation sites (tertiary alicyclic amines) is 1. The van der Waals surface area contributed by atoms with Gasteiger partial charge in [0.2, 0.25) is 11.7 Å². The summed E-state index contributed by atoms with van der Waals surface area (Å²) in [6.07, 6.45) is 6.40. The van der Waals surface area contributed by atoms with Crippen molar-refractivity contribution in [1.29, 1.82) is 0 Å². The summed E-state index contributed by atoms with van der Waals surface area (Å²) in [5.74, 6) is 2.96. The van der Waals surface area contributed by atoms with Crippen LogP contribution in [0.5, 0.6) is 0 Å². The molecule has 124 valence electrons. The van der Waals surface area contributed by atoms with Crippen molar-refractivity contribution in [3.63, 3.8) is 0 Å². The minimum absolute atomic E-state index is 0.123. The average Bonchev–Trinajstić information content (AvgIpc) is 3.36. The normalized spacial score (nSPS) is 18.3. The zero-order valence-corrected chi connectivity index (χ0v) is 13.5. The Morgan fingerprint density at radius 1 is 1.38 bits per heavy atom. The molecule has 4 rings (SSSR count). The molecule has 1 N–H and O–H groups in total. The van der Waals surface area contributed by atoms with Crippen LogP contribution in [-0.2, 0) is 13.0 Å². The van der Waals surface area contributed by atoms with E-state index in [1.54, 1.807) is 12.4 Å². The molecule has 1 saturated heterocycles. The molecule has 0 aliphatic carbocycles. The van der Waals surface area contributed by atoms with Crippen molar-refractivity contribution in [3.05, 3.63) is 42.1 Å². The van der Waals surface area contributed by atoms with Crippen molar-refractivity contribution >= 4 is 0 Å². The number of aromatic amines is 1. The first-order chi connectivity index (χ1) is 11.8. The SMILES string of the molecule is CCc1n[nH]c(CN2CCC[C@H]2c2nc(-c3cccnc3)no2)n1. The minimum Gasteiger partial charge on any atom is -0.337 e. The van der Waals surface area contributed by atoms with Crippen molar-refractivity contribution in [3.8, 4) is 11.4 Å². The minimum atomic E-state index is 0.123. The quantitative estimate of drug-likeness (QED) is 0.767. The molecule has 0 unspecified atom stereocenters. The Hall–Kier alpha value is -2.61. The van der Waals surface area contributed by atoms with Crippen molar-refractivity contribution in [2.45, 2.75) is 38.8 Å². The zero-order valence-electron chi connectivity index (χ0n) is 13.5. The van der Waals surface area contributed by atoms with Gasteiger partial charge >= 0.3 is 0 Å². The molecule has 3 aromatic heterocycles. The first-order valence-corrected chi connectivity index (χ1v) is 8.21. The molecule has 8 heteroatoms. The lowest BCUT2D eigenvalue weighted by molar-refractivity contribution is 0.197. The molecule has 1 atom stereocenters. The van der Waals surface area contributed by atoms with E-state index >= 15 is 0 Å². The number of nitrogens with zero attached hydrogens (tertiary/aromatic N) is 6. The molecule has 0 aromatic carbocycles. The van der Waals surface area contributed by atoms with Gasteiger partial charge in [-0.05, 0) is 31.5 Å². The fourth-order valence-corrected chi connectivity index (χ4v) is 3.03. The van der Waals surface area contributed by atoms with E-state index in [0.717, 1.165) is 43.0 Å². The van der Waals surface area contributed by atoms with E-state index in [4.69, 9.17) is 4.52 Å². The van der Waals surface area contributed by atoms with Gasteiger partial charge in [-0.2, -0.15) is 10.1 Å². The summed E-state index contributed by atoms with van der Waals surface area (Å²) in [5, 5.41) is 11.3. The van der Waals surface area contributed by atoms with Crippen LogP contribution < -0.4 is 0 Å². The molecule has 0 radical (unpaired) electrons. The van der Waals surface area contributed by atoms with Gasteiger partial charge in [-0.15, -0.1) is 0 Å². The van der Waals surface area contributed by atoms with Gasteiger partial charge < -0.3 is 4.52 Å². The van der Waals surface area contributed by atoms with Crippen LogP contribution in [0.1, 0.15) is 43.3 Å². The first-order valence-electron chi connectivity index (χ1n) is 8.21. The largest absolute Gasteiger partial charge is 0.337 e. The van der Waals surface area contributed by atoms with Crippen LogP contribution in [0.2, 0.25) is 0 Å². The lowest BCUT2D eigenvalue weighted by Gasteiger charge is -2.19. The van der Waals surface area contributed by atoms with E-state index in [0.29, 0.717) is 18.3 Å². The molecule has 4 heterocycles. The van der Waals surface area contributed by atoms with Crippen molar-refractivity contribution < 1.29 is 4.52 Å². The molecule has 1 aliphatic heterocycles. The second-order valence-corrected chi connectivity index (χ2v) is 5.88. The van der Waals surface area contributed by atoms with Gasteiger partial charge in [0.05, 0.1) is 12.6 Å². The highest BCUT2D eigenvalue weighted by Crippen LogP contribution is 2.32. The molecule has 3 aromatic rings. The van der Waals surface area contributed by atoms with Crippen LogP contribution in [0.15, 0.2) is 29.0 Å². The number of pyridine rings is 1. The summed E-state index contributed by atoms with van der Waals surface area (Å²) < 4.78 is 5.52. The first kappa shape index (κ1) is 14.9. The number of hydrogen-bond donors (Lipinski definition) is 1. The summed E-state index contributed by atoms with van der Waals surface area (Å²) in [6.45, 7) is 3.74. The number of aromatic nitrogens is 6.